The second-order valence-electron chi connectivity index (χ2n) is 2.77. The molecule has 0 bridgehead atoms. The number of primary amides is 1. The van der Waals surface area contributed by atoms with Crippen LogP contribution in [0.3, 0.4) is 0 Å². The van der Waals surface area contributed by atoms with Gasteiger partial charge in [0.1, 0.15) is 6.04 Å². The lowest BCUT2D eigenvalue weighted by atomic mass is 10.1. The van der Waals surface area contributed by atoms with Crippen molar-refractivity contribution in [3.63, 3.8) is 0 Å². The maximum atomic E-state index is 10.5. The first-order valence-corrected chi connectivity index (χ1v) is 4.13. The molecule has 0 saturated heterocycles. The fourth-order valence-electron chi connectivity index (χ4n) is 0.930. The van der Waals surface area contributed by atoms with E-state index in [0.717, 1.165) is 0 Å². The Morgan fingerprint density at radius 3 is 2.57 bits per heavy atom. The highest BCUT2D eigenvalue weighted by molar-refractivity contribution is 5.74. The molecule has 7 nitrogen and oxygen atoms in total. The number of amides is 1. The second kappa shape index (κ2) is 6.73. The third kappa shape index (κ3) is 5.84. The van der Waals surface area contributed by atoms with E-state index in [1.165, 1.54) is 0 Å². The summed E-state index contributed by atoms with van der Waals surface area (Å²) < 4.78 is 0. The van der Waals surface area contributed by atoms with E-state index in [-0.39, 0.29) is 12.8 Å². The topological polar surface area (TPSA) is 129 Å². The molecule has 0 aliphatic heterocycles. The van der Waals surface area contributed by atoms with Crippen molar-refractivity contribution < 1.29 is 14.7 Å². The van der Waals surface area contributed by atoms with Crippen molar-refractivity contribution >= 4 is 11.9 Å². The zero-order chi connectivity index (χ0) is 11.0. The van der Waals surface area contributed by atoms with Gasteiger partial charge in [0.2, 0.25) is 5.91 Å². The number of nitrogens with zero attached hydrogens (tertiary/aromatic N) is 3. The minimum Gasteiger partial charge on any atom is -0.481 e. The van der Waals surface area contributed by atoms with Gasteiger partial charge in [0.15, 0.2) is 0 Å². The van der Waals surface area contributed by atoms with E-state index in [1.807, 2.05) is 0 Å². The number of hydrogen-bond donors (Lipinski definition) is 2. The van der Waals surface area contributed by atoms with Crippen LogP contribution in [0.5, 0.6) is 0 Å². The summed E-state index contributed by atoms with van der Waals surface area (Å²) in [6, 6.07) is -1.05. The van der Waals surface area contributed by atoms with E-state index in [0.29, 0.717) is 12.8 Å². The molecule has 0 aliphatic carbocycles. The molecule has 7 heteroatoms. The summed E-state index contributed by atoms with van der Waals surface area (Å²) in [5.74, 6) is -1.57. The maximum absolute atomic E-state index is 10.5. The van der Waals surface area contributed by atoms with Gasteiger partial charge in [0.25, 0.3) is 0 Å². The van der Waals surface area contributed by atoms with E-state index < -0.39 is 17.9 Å². The predicted octanol–water partition coefficient (Wildman–Crippen LogP) is 0.796. The van der Waals surface area contributed by atoms with Crippen LogP contribution in [0.25, 0.3) is 10.4 Å². The summed E-state index contributed by atoms with van der Waals surface area (Å²) in [4.78, 5) is 23.2. The van der Waals surface area contributed by atoms with Gasteiger partial charge in [0.05, 0.1) is 0 Å². The normalized spacial score (nSPS) is 11.4. The fourth-order valence-corrected chi connectivity index (χ4v) is 0.930. The van der Waals surface area contributed by atoms with Crippen LogP contribution in [0.2, 0.25) is 0 Å². The standard InChI is InChI=1S/C7H12N4O3/c8-6(12)4-2-1-3-5(7(13)14)10-11-9/h5H,1-4H2,(H2,8,12)(H,13,14)/t5-/m0/s1. The number of carboxylic acid groups (broad SMARTS) is 1. The molecule has 0 aromatic rings. The van der Waals surface area contributed by atoms with Crippen molar-refractivity contribution in [2.24, 2.45) is 10.8 Å². The van der Waals surface area contributed by atoms with Crippen LogP contribution in [0, 0.1) is 0 Å². The molecule has 0 aromatic carbocycles. The average Bonchev–Trinajstić information content (AvgIpc) is 2.09. The lowest BCUT2D eigenvalue weighted by molar-refractivity contribution is -0.138. The quantitative estimate of drug-likeness (QED) is 0.272. The molecule has 3 N–H and O–H groups in total. The van der Waals surface area contributed by atoms with E-state index in [4.69, 9.17) is 16.4 Å². The summed E-state index contributed by atoms with van der Waals surface area (Å²) in [7, 11) is 0. The van der Waals surface area contributed by atoms with Crippen molar-refractivity contribution in [2.45, 2.75) is 31.7 Å². The number of nitrogens with two attached hydrogens (primary N) is 1. The molecule has 0 aromatic heterocycles. The van der Waals surface area contributed by atoms with Gasteiger partial charge in [-0.15, -0.1) is 0 Å². The molecule has 1 amide bonds. The monoisotopic (exact) mass is 200 g/mol. The Balaban J connectivity index is 3.78. The number of unbranched alkanes of at least 4 members (excludes halogenated alkanes) is 1. The Morgan fingerprint density at radius 2 is 2.14 bits per heavy atom. The molecule has 78 valence electrons. The number of rotatable bonds is 7. The Kier molecular flexibility index (Phi) is 5.89. The van der Waals surface area contributed by atoms with Crippen molar-refractivity contribution in [1.29, 1.82) is 0 Å². The Bertz CT molecular complexity index is 258. The molecule has 14 heavy (non-hydrogen) atoms. The molecule has 0 radical (unpaired) electrons. The first kappa shape index (κ1) is 12.2. The Labute approximate surface area is 80.5 Å². The van der Waals surface area contributed by atoms with Gasteiger partial charge in [-0.05, 0) is 18.4 Å². The fraction of sp³-hybridized carbons (Fsp3) is 0.714. The van der Waals surface area contributed by atoms with Crippen molar-refractivity contribution in [2.75, 3.05) is 0 Å². The number of aliphatic carboxylic acids is 1. The third-order valence-electron chi connectivity index (χ3n) is 1.63. The number of azide groups is 1. The molecule has 0 saturated carbocycles. The van der Waals surface area contributed by atoms with E-state index >= 15 is 0 Å². The molecular formula is C7H12N4O3. The predicted molar refractivity (Wildman–Crippen MR) is 48.2 cm³/mol. The molecule has 0 spiro atoms. The maximum Gasteiger partial charge on any atom is 0.312 e. The molecule has 0 heterocycles. The molecule has 0 fully saturated rings. The average molecular weight is 200 g/mol. The van der Waals surface area contributed by atoms with Crippen LogP contribution < -0.4 is 5.73 Å². The van der Waals surface area contributed by atoms with Crippen LogP contribution in [0.15, 0.2) is 5.11 Å². The Hall–Kier alpha value is -1.75. The summed E-state index contributed by atoms with van der Waals surface area (Å²) in [6.45, 7) is 0. The minimum atomic E-state index is -1.15. The minimum absolute atomic E-state index is 0.225. The summed E-state index contributed by atoms with van der Waals surface area (Å²) in [5, 5.41) is 11.7. The van der Waals surface area contributed by atoms with E-state index in [2.05, 4.69) is 10.0 Å². The number of carbonyl (C=O) groups excluding carboxylic acids is 1. The van der Waals surface area contributed by atoms with Crippen LogP contribution in [0.1, 0.15) is 25.7 Å². The number of carboxylic acids is 1. The smallest absolute Gasteiger partial charge is 0.312 e. The SMILES string of the molecule is [N-]=[N+]=N[C@@H](CCCCC(N)=O)C(=O)O. The van der Waals surface area contributed by atoms with Gasteiger partial charge in [-0.25, -0.2) is 0 Å². The molecule has 0 rings (SSSR count). The van der Waals surface area contributed by atoms with Gasteiger partial charge in [-0.2, -0.15) is 0 Å². The second-order valence-corrected chi connectivity index (χ2v) is 2.77. The first-order valence-electron chi connectivity index (χ1n) is 4.13. The summed E-state index contributed by atoms with van der Waals surface area (Å²) in [6.07, 6.45) is 1.47. The van der Waals surface area contributed by atoms with Crippen LogP contribution in [0.4, 0.5) is 0 Å². The van der Waals surface area contributed by atoms with Gasteiger partial charge in [0, 0.05) is 11.3 Å². The Morgan fingerprint density at radius 1 is 1.50 bits per heavy atom. The van der Waals surface area contributed by atoms with Gasteiger partial charge in [-0.1, -0.05) is 11.5 Å². The van der Waals surface area contributed by atoms with Crippen molar-refractivity contribution in [3.8, 4) is 0 Å². The highest BCUT2D eigenvalue weighted by atomic mass is 16.4. The van der Waals surface area contributed by atoms with E-state index in [9.17, 15) is 9.59 Å². The van der Waals surface area contributed by atoms with E-state index in [1.54, 1.807) is 0 Å². The number of hydrogen-bond acceptors (Lipinski definition) is 3. The van der Waals surface area contributed by atoms with Crippen LogP contribution in [-0.4, -0.2) is 23.0 Å². The lowest BCUT2D eigenvalue weighted by Gasteiger charge is -2.03. The highest BCUT2D eigenvalue weighted by Crippen LogP contribution is 2.07. The molecule has 0 unspecified atom stereocenters. The van der Waals surface area contributed by atoms with Crippen molar-refractivity contribution in [3.05, 3.63) is 10.4 Å². The highest BCUT2D eigenvalue weighted by Gasteiger charge is 2.14. The zero-order valence-corrected chi connectivity index (χ0v) is 7.59. The van der Waals surface area contributed by atoms with Crippen LogP contribution in [-0.2, 0) is 9.59 Å². The third-order valence-corrected chi connectivity index (χ3v) is 1.63. The number of carbonyl (C=O) groups is 2. The first-order chi connectivity index (χ1) is 6.57. The van der Waals surface area contributed by atoms with Gasteiger partial charge in [-0.3, -0.25) is 9.59 Å². The molecule has 0 aliphatic rings. The lowest BCUT2D eigenvalue weighted by Crippen LogP contribution is -2.17. The molecular weight excluding hydrogens is 188 g/mol. The van der Waals surface area contributed by atoms with Crippen LogP contribution >= 0.6 is 0 Å². The summed E-state index contributed by atoms with van der Waals surface area (Å²) >= 11 is 0. The van der Waals surface area contributed by atoms with Gasteiger partial charge < -0.3 is 10.8 Å². The molecule has 1 atom stereocenters. The van der Waals surface area contributed by atoms with Gasteiger partial charge >= 0.3 is 5.97 Å². The summed E-state index contributed by atoms with van der Waals surface area (Å²) in [5.41, 5.74) is 12.9. The van der Waals surface area contributed by atoms with Crippen molar-refractivity contribution in [1.82, 2.24) is 0 Å². The largest absolute Gasteiger partial charge is 0.481 e. The zero-order valence-electron chi connectivity index (χ0n) is 7.59.